The molecular formula is C18H23F3N2O5. The van der Waals surface area contributed by atoms with Crippen LogP contribution in [-0.2, 0) is 14.3 Å². The maximum Gasteiger partial charge on any atom is 0.490 e. The van der Waals surface area contributed by atoms with Gasteiger partial charge in [0, 0.05) is 38.5 Å². The summed E-state index contributed by atoms with van der Waals surface area (Å²) in [5.41, 5.74) is 0.582. The summed E-state index contributed by atoms with van der Waals surface area (Å²) in [6.45, 7) is 4.92. The van der Waals surface area contributed by atoms with Gasteiger partial charge in [0.15, 0.2) is 0 Å². The van der Waals surface area contributed by atoms with E-state index in [0.29, 0.717) is 12.2 Å². The van der Waals surface area contributed by atoms with E-state index in [1.165, 1.54) is 0 Å². The summed E-state index contributed by atoms with van der Waals surface area (Å²) in [5, 5.41) is 7.12. The molecule has 3 heterocycles. The van der Waals surface area contributed by atoms with Crippen molar-refractivity contribution in [3.8, 4) is 0 Å². The lowest BCUT2D eigenvalue weighted by molar-refractivity contribution is -0.192. The highest BCUT2D eigenvalue weighted by atomic mass is 19.4. The first kappa shape index (κ1) is 22.1. The van der Waals surface area contributed by atoms with E-state index in [-0.39, 0.29) is 17.6 Å². The van der Waals surface area contributed by atoms with Gasteiger partial charge in [-0.15, -0.1) is 0 Å². The van der Waals surface area contributed by atoms with E-state index in [0.717, 1.165) is 39.0 Å². The Labute approximate surface area is 160 Å². The van der Waals surface area contributed by atoms with Gasteiger partial charge in [0.05, 0.1) is 23.9 Å². The van der Waals surface area contributed by atoms with Crippen LogP contribution in [0, 0.1) is 0 Å². The molecule has 0 aliphatic carbocycles. The fourth-order valence-electron chi connectivity index (χ4n) is 3.28. The summed E-state index contributed by atoms with van der Waals surface area (Å²) in [7, 11) is 0. The Morgan fingerprint density at radius 2 is 2.04 bits per heavy atom. The van der Waals surface area contributed by atoms with Crippen LogP contribution >= 0.6 is 0 Å². The van der Waals surface area contributed by atoms with Crippen molar-refractivity contribution in [2.45, 2.75) is 44.1 Å². The monoisotopic (exact) mass is 404 g/mol. The number of carboxylic acids is 1. The van der Waals surface area contributed by atoms with Crippen molar-refractivity contribution < 1.29 is 37.3 Å². The topological polar surface area (TPSA) is 89.0 Å². The van der Waals surface area contributed by atoms with Gasteiger partial charge < -0.3 is 19.5 Å². The molecule has 7 nitrogen and oxygen atoms in total. The SMILES string of the molecule is CCOC1COC2(CCN(C(=O)c3cccnc3)CC2)C1.O=C(O)C(F)(F)F. The number of piperidine rings is 1. The van der Waals surface area contributed by atoms with Crippen molar-refractivity contribution >= 4 is 11.9 Å². The molecule has 10 heteroatoms. The van der Waals surface area contributed by atoms with E-state index in [1.807, 2.05) is 17.9 Å². The predicted octanol–water partition coefficient (Wildman–Crippen LogP) is 2.52. The van der Waals surface area contributed by atoms with Gasteiger partial charge >= 0.3 is 12.1 Å². The summed E-state index contributed by atoms with van der Waals surface area (Å²) in [6, 6.07) is 3.61. The van der Waals surface area contributed by atoms with E-state index < -0.39 is 12.1 Å². The third kappa shape index (κ3) is 5.90. The first-order valence-corrected chi connectivity index (χ1v) is 8.92. The summed E-state index contributed by atoms with van der Waals surface area (Å²) in [4.78, 5) is 27.2. The average molecular weight is 404 g/mol. The lowest BCUT2D eigenvalue weighted by Gasteiger charge is -2.38. The van der Waals surface area contributed by atoms with Crippen LogP contribution in [-0.4, -0.2) is 71.1 Å². The van der Waals surface area contributed by atoms with Crippen molar-refractivity contribution in [1.82, 2.24) is 9.88 Å². The van der Waals surface area contributed by atoms with Crippen LogP contribution in [0.25, 0.3) is 0 Å². The summed E-state index contributed by atoms with van der Waals surface area (Å²) < 4.78 is 43.4. The number of nitrogens with zero attached hydrogens (tertiary/aromatic N) is 2. The molecule has 156 valence electrons. The largest absolute Gasteiger partial charge is 0.490 e. The third-order valence-corrected chi connectivity index (χ3v) is 4.69. The number of carboxylic acid groups (broad SMARTS) is 1. The zero-order chi connectivity index (χ0) is 20.8. The summed E-state index contributed by atoms with van der Waals surface area (Å²) >= 11 is 0. The molecular weight excluding hydrogens is 381 g/mol. The number of amides is 1. The highest BCUT2D eigenvalue weighted by Gasteiger charge is 2.43. The van der Waals surface area contributed by atoms with Gasteiger partial charge in [-0.25, -0.2) is 4.79 Å². The zero-order valence-electron chi connectivity index (χ0n) is 15.4. The Morgan fingerprint density at radius 3 is 2.54 bits per heavy atom. The highest BCUT2D eigenvalue weighted by molar-refractivity contribution is 5.93. The maximum absolute atomic E-state index is 12.4. The van der Waals surface area contributed by atoms with E-state index >= 15 is 0 Å². The minimum absolute atomic E-state index is 0.0669. The van der Waals surface area contributed by atoms with Crippen molar-refractivity contribution in [2.24, 2.45) is 0 Å². The molecule has 1 unspecified atom stereocenters. The number of alkyl halides is 3. The fraction of sp³-hybridized carbons (Fsp3) is 0.611. The van der Waals surface area contributed by atoms with Gasteiger partial charge in [-0.1, -0.05) is 0 Å². The van der Waals surface area contributed by atoms with Gasteiger partial charge in [0.25, 0.3) is 5.91 Å². The van der Waals surface area contributed by atoms with Gasteiger partial charge in [0.2, 0.25) is 0 Å². The van der Waals surface area contributed by atoms with Crippen molar-refractivity contribution in [3.05, 3.63) is 30.1 Å². The number of aromatic nitrogens is 1. The lowest BCUT2D eigenvalue weighted by Crippen LogP contribution is -2.46. The molecule has 0 radical (unpaired) electrons. The second-order valence-electron chi connectivity index (χ2n) is 6.61. The standard InChI is InChI=1S/C16H22N2O3.C2HF3O2/c1-2-20-14-10-16(21-12-14)5-8-18(9-6-16)15(19)13-4-3-7-17-11-13;3-2(4,5)1(6)7/h3-4,7,11,14H,2,5-6,8-10,12H2,1H3;(H,6,7). The van der Waals surface area contributed by atoms with Crippen molar-refractivity contribution in [1.29, 1.82) is 0 Å². The number of aliphatic carboxylic acids is 1. The molecule has 0 bridgehead atoms. The molecule has 0 aromatic carbocycles. The van der Waals surface area contributed by atoms with Crippen LogP contribution < -0.4 is 0 Å². The maximum atomic E-state index is 12.4. The summed E-state index contributed by atoms with van der Waals surface area (Å²) in [6.07, 6.45) is 1.18. The zero-order valence-corrected chi connectivity index (χ0v) is 15.4. The molecule has 1 amide bonds. The molecule has 1 N–H and O–H groups in total. The normalized spacial score (nSPS) is 21.1. The number of ether oxygens (including phenoxy) is 2. The average Bonchev–Trinajstić information content (AvgIpc) is 3.05. The number of rotatable bonds is 3. The Balaban J connectivity index is 0.000000345. The number of carbonyl (C=O) groups excluding carboxylic acids is 1. The Kier molecular flexibility index (Phi) is 7.36. The van der Waals surface area contributed by atoms with Gasteiger partial charge in [0.1, 0.15) is 0 Å². The second kappa shape index (κ2) is 9.33. The lowest BCUT2D eigenvalue weighted by atomic mass is 9.87. The Bertz CT molecular complexity index is 661. The van der Waals surface area contributed by atoms with E-state index in [1.54, 1.807) is 18.5 Å². The van der Waals surface area contributed by atoms with Crippen LogP contribution in [0.2, 0.25) is 0 Å². The van der Waals surface area contributed by atoms with E-state index in [4.69, 9.17) is 19.4 Å². The van der Waals surface area contributed by atoms with Gasteiger partial charge in [-0.05, 0) is 31.9 Å². The molecule has 2 aliphatic rings. The molecule has 28 heavy (non-hydrogen) atoms. The third-order valence-electron chi connectivity index (χ3n) is 4.69. The minimum atomic E-state index is -5.08. The Hall–Kier alpha value is -2.20. The predicted molar refractivity (Wildman–Crippen MR) is 91.8 cm³/mol. The molecule has 2 fully saturated rings. The van der Waals surface area contributed by atoms with Gasteiger partial charge in [-0.3, -0.25) is 9.78 Å². The number of hydrogen-bond acceptors (Lipinski definition) is 5. The summed E-state index contributed by atoms with van der Waals surface area (Å²) in [5.74, 6) is -2.69. The number of pyridine rings is 1. The van der Waals surface area contributed by atoms with Crippen LogP contribution in [0.1, 0.15) is 36.5 Å². The van der Waals surface area contributed by atoms with Crippen LogP contribution in [0.15, 0.2) is 24.5 Å². The van der Waals surface area contributed by atoms with Crippen LogP contribution in [0.3, 0.4) is 0 Å². The smallest absolute Gasteiger partial charge is 0.475 e. The second-order valence-corrected chi connectivity index (χ2v) is 6.61. The Morgan fingerprint density at radius 1 is 1.39 bits per heavy atom. The molecule has 1 aromatic rings. The molecule has 2 aliphatic heterocycles. The van der Waals surface area contributed by atoms with Crippen molar-refractivity contribution in [3.63, 3.8) is 0 Å². The van der Waals surface area contributed by atoms with E-state index in [2.05, 4.69) is 4.98 Å². The van der Waals surface area contributed by atoms with Crippen LogP contribution in [0.5, 0.6) is 0 Å². The first-order chi connectivity index (χ1) is 13.2. The first-order valence-electron chi connectivity index (χ1n) is 8.92. The molecule has 1 spiro atoms. The number of hydrogen-bond donors (Lipinski definition) is 1. The van der Waals surface area contributed by atoms with Crippen LogP contribution in [0.4, 0.5) is 13.2 Å². The molecule has 0 saturated carbocycles. The molecule has 1 atom stereocenters. The quantitative estimate of drug-likeness (QED) is 0.833. The molecule has 1 aromatic heterocycles. The van der Waals surface area contributed by atoms with Crippen molar-refractivity contribution in [2.75, 3.05) is 26.3 Å². The van der Waals surface area contributed by atoms with E-state index in [9.17, 15) is 18.0 Å². The number of carbonyl (C=O) groups is 2. The molecule has 3 rings (SSSR count). The number of halogens is 3. The molecule has 2 saturated heterocycles. The number of likely N-dealkylation sites (tertiary alicyclic amines) is 1. The highest BCUT2D eigenvalue weighted by Crippen LogP contribution is 2.37. The van der Waals surface area contributed by atoms with Gasteiger partial charge in [-0.2, -0.15) is 13.2 Å². The minimum Gasteiger partial charge on any atom is -0.475 e. The fourth-order valence-corrected chi connectivity index (χ4v) is 3.28.